The van der Waals surface area contributed by atoms with Gasteiger partial charge in [-0.05, 0) is 42.2 Å². The summed E-state index contributed by atoms with van der Waals surface area (Å²) in [7, 11) is 0. The fraction of sp³-hybridized carbons (Fsp3) is 0.688. The largest absolute Gasteiger partial charge is 0.465 e. The van der Waals surface area contributed by atoms with Crippen molar-refractivity contribution >= 4 is 28.9 Å². The van der Waals surface area contributed by atoms with Crippen LogP contribution in [0.4, 0.5) is 4.79 Å². The summed E-state index contributed by atoms with van der Waals surface area (Å²) in [6.07, 6.45) is 2.81. The van der Waals surface area contributed by atoms with Crippen LogP contribution >= 0.6 is 0 Å². The number of likely N-dealkylation sites (tertiary alicyclic amines) is 1. The molecule has 42 heavy (non-hydrogen) atoms. The number of benzene rings is 1. The Labute approximate surface area is 249 Å². The molecule has 0 radical (unpaired) electrons. The molecule has 0 bridgehead atoms. The highest BCUT2D eigenvalue weighted by Gasteiger charge is 2.50. The number of amides is 3. The van der Waals surface area contributed by atoms with E-state index in [-0.39, 0.29) is 24.3 Å². The Morgan fingerprint density at radius 3 is 2.43 bits per heavy atom. The van der Waals surface area contributed by atoms with E-state index in [2.05, 4.69) is 18.4 Å². The van der Waals surface area contributed by atoms with E-state index in [0.29, 0.717) is 57.6 Å². The number of morpholine rings is 1. The van der Waals surface area contributed by atoms with Gasteiger partial charge in [0, 0.05) is 32.7 Å². The van der Waals surface area contributed by atoms with E-state index in [1.165, 1.54) is 17.7 Å². The molecule has 0 spiro atoms. The van der Waals surface area contributed by atoms with Crippen LogP contribution in [-0.2, 0) is 16.1 Å². The molecule has 1 aromatic heterocycles. The van der Waals surface area contributed by atoms with Crippen LogP contribution in [0, 0.1) is 23.2 Å². The SMILES string of the molecule is CC(C)CN(C(=O)c1nc2ccccc2n1CCC1CC1)[C@H]1C[C@@H](C(=O)N2CCOCC2)CN(C(=O)O)C1C(C)(C)C. The second-order valence-electron chi connectivity index (χ2n) is 13.8. The molecule has 3 atom stereocenters. The van der Waals surface area contributed by atoms with Gasteiger partial charge in [0.25, 0.3) is 5.91 Å². The molecule has 1 unspecified atom stereocenters. The number of aryl methyl sites for hydroxylation is 1. The van der Waals surface area contributed by atoms with Gasteiger partial charge in [0.1, 0.15) is 0 Å². The van der Waals surface area contributed by atoms with Crippen molar-refractivity contribution in [2.45, 2.75) is 78.9 Å². The summed E-state index contributed by atoms with van der Waals surface area (Å²) in [5.74, 6) is 0.427. The Bertz CT molecular complexity index is 1290. The normalized spacial score (nSPS) is 23.4. The third-order valence-electron chi connectivity index (χ3n) is 8.98. The Morgan fingerprint density at radius 2 is 1.81 bits per heavy atom. The van der Waals surface area contributed by atoms with E-state index in [9.17, 15) is 19.5 Å². The van der Waals surface area contributed by atoms with Crippen LogP contribution in [0.15, 0.2) is 24.3 Å². The Morgan fingerprint density at radius 1 is 1.12 bits per heavy atom. The van der Waals surface area contributed by atoms with Crippen LogP contribution in [0.2, 0.25) is 0 Å². The van der Waals surface area contributed by atoms with Gasteiger partial charge in [-0.2, -0.15) is 0 Å². The van der Waals surface area contributed by atoms with Crippen molar-refractivity contribution in [3.05, 3.63) is 30.1 Å². The lowest BCUT2D eigenvalue weighted by molar-refractivity contribution is -0.144. The maximum absolute atomic E-state index is 14.7. The molecule has 1 aromatic carbocycles. The predicted molar refractivity (Wildman–Crippen MR) is 160 cm³/mol. The average molecular weight is 582 g/mol. The number of carbonyl (C=O) groups is 3. The van der Waals surface area contributed by atoms with Crippen molar-refractivity contribution < 1.29 is 24.2 Å². The van der Waals surface area contributed by atoms with Crippen LogP contribution in [-0.4, -0.2) is 98.7 Å². The van der Waals surface area contributed by atoms with Gasteiger partial charge in [-0.1, -0.05) is 59.6 Å². The minimum absolute atomic E-state index is 0.0597. The zero-order valence-electron chi connectivity index (χ0n) is 25.8. The van der Waals surface area contributed by atoms with Gasteiger partial charge in [0.2, 0.25) is 5.91 Å². The first-order valence-corrected chi connectivity index (χ1v) is 15.6. The second kappa shape index (κ2) is 12.2. The number of fused-ring (bicyclic) bond motifs is 1. The number of imidazole rings is 1. The third kappa shape index (κ3) is 6.43. The Hall–Kier alpha value is -3.14. The van der Waals surface area contributed by atoms with Gasteiger partial charge in [-0.25, -0.2) is 9.78 Å². The van der Waals surface area contributed by atoms with Gasteiger partial charge >= 0.3 is 6.09 Å². The average Bonchev–Trinajstić information content (AvgIpc) is 3.72. The first-order valence-electron chi connectivity index (χ1n) is 15.6. The lowest BCUT2D eigenvalue weighted by atomic mass is 9.74. The van der Waals surface area contributed by atoms with E-state index < -0.39 is 29.5 Å². The highest BCUT2D eigenvalue weighted by atomic mass is 16.5. The van der Waals surface area contributed by atoms with Gasteiger partial charge in [0.05, 0.1) is 42.2 Å². The fourth-order valence-corrected chi connectivity index (χ4v) is 6.89. The van der Waals surface area contributed by atoms with Gasteiger partial charge < -0.3 is 29.1 Å². The number of hydrogen-bond acceptors (Lipinski definition) is 5. The summed E-state index contributed by atoms with van der Waals surface area (Å²) in [4.78, 5) is 51.2. The molecule has 3 fully saturated rings. The van der Waals surface area contributed by atoms with Crippen LogP contribution < -0.4 is 0 Å². The number of carboxylic acid groups (broad SMARTS) is 1. The van der Waals surface area contributed by atoms with Crippen molar-refractivity contribution in [1.29, 1.82) is 0 Å². The summed E-state index contributed by atoms with van der Waals surface area (Å²) in [5.41, 5.74) is 1.25. The number of rotatable bonds is 8. The minimum Gasteiger partial charge on any atom is -0.465 e. The molecule has 230 valence electrons. The smallest absolute Gasteiger partial charge is 0.407 e. The summed E-state index contributed by atoms with van der Waals surface area (Å²) in [5, 5.41) is 10.4. The molecule has 3 aliphatic rings. The Balaban J connectivity index is 1.56. The summed E-state index contributed by atoms with van der Waals surface area (Å²) >= 11 is 0. The highest BCUT2D eigenvalue weighted by molar-refractivity contribution is 5.95. The number of carbonyl (C=O) groups excluding carboxylic acids is 2. The molecule has 3 heterocycles. The number of hydrogen-bond donors (Lipinski definition) is 1. The van der Waals surface area contributed by atoms with E-state index in [1.54, 1.807) is 4.90 Å². The van der Waals surface area contributed by atoms with Crippen molar-refractivity contribution in [3.8, 4) is 0 Å². The monoisotopic (exact) mass is 581 g/mol. The minimum atomic E-state index is -1.06. The molecular formula is C32H47N5O5. The van der Waals surface area contributed by atoms with Gasteiger partial charge in [0.15, 0.2) is 5.82 Å². The molecule has 1 aliphatic carbocycles. The number of nitrogens with zero attached hydrogens (tertiary/aromatic N) is 5. The van der Waals surface area contributed by atoms with E-state index in [1.807, 2.05) is 49.9 Å². The maximum Gasteiger partial charge on any atom is 0.407 e. The molecule has 10 heteroatoms. The molecule has 2 aromatic rings. The van der Waals surface area contributed by atoms with Crippen molar-refractivity contribution in [2.75, 3.05) is 39.4 Å². The fourth-order valence-electron chi connectivity index (χ4n) is 6.89. The van der Waals surface area contributed by atoms with E-state index in [0.717, 1.165) is 17.5 Å². The quantitative estimate of drug-likeness (QED) is 0.489. The van der Waals surface area contributed by atoms with Crippen molar-refractivity contribution in [1.82, 2.24) is 24.3 Å². The zero-order valence-corrected chi connectivity index (χ0v) is 25.8. The molecule has 1 saturated carbocycles. The van der Waals surface area contributed by atoms with Gasteiger partial charge in [-0.15, -0.1) is 0 Å². The molecule has 1 N–H and O–H groups in total. The standard InChI is InChI=1S/C32H47N5O5/c1-21(2)19-36(30(39)28-33-24-8-6-7-9-25(24)35(28)13-12-22-10-11-22)26-18-23(29(38)34-14-16-42-17-15-34)20-37(31(40)41)27(26)32(3,4)5/h6-9,21-23,26-27H,10-20H2,1-5H3,(H,40,41)/t23-,26+,27?/m1/s1. The summed E-state index contributed by atoms with van der Waals surface area (Å²) < 4.78 is 7.51. The summed E-state index contributed by atoms with van der Waals surface area (Å²) in [6, 6.07) is 6.88. The van der Waals surface area contributed by atoms with Crippen LogP contribution in [0.3, 0.4) is 0 Å². The second-order valence-corrected chi connectivity index (χ2v) is 13.8. The third-order valence-corrected chi connectivity index (χ3v) is 8.98. The van der Waals surface area contributed by atoms with Crippen LogP contribution in [0.25, 0.3) is 11.0 Å². The first kappa shape index (κ1) is 30.3. The van der Waals surface area contributed by atoms with E-state index >= 15 is 0 Å². The predicted octanol–water partition coefficient (Wildman–Crippen LogP) is 4.58. The van der Waals surface area contributed by atoms with Crippen molar-refractivity contribution in [2.24, 2.45) is 23.2 Å². The number of para-hydroxylation sites is 2. The molecular weight excluding hydrogens is 534 g/mol. The molecule has 5 rings (SSSR count). The molecule has 10 nitrogen and oxygen atoms in total. The Kier molecular flexibility index (Phi) is 8.83. The number of aromatic nitrogens is 2. The molecule has 2 aliphatic heterocycles. The molecule has 2 saturated heterocycles. The topological polar surface area (TPSA) is 108 Å². The van der Waals surface area contributed by atoms with Gasteiger partial charge in [-0.3, -0.25) is 9.59 Å². The van der Waals surface area contributed by atoms with E-state index in [4.69, 9.17) is 9.72 Å². The maximum atomic E-state index is 14.7. The first-order chi connectivity index (χ1) is 20.0. The highest BCUT2D eigenvalue weighted by Crippen LogP contribution is 2.39. The lowest BCUT2D eigenvalue weighted by Crippen LogP contribution is -2.66. The lowest BCUT2D eigenvalue weighted by Gasteiger charge is -2.52. The van der Waals surface area contributed by atoms with Crippen LogP contribution in [0.1, 0.15) is 70.9 Å². The van der Waals surface area contributed by atoms with Crippen molar-refractivity contribution in [3.63, 3.8) is 0 Å². The zero-order chi connectivity index (χ0) is 30.2. The van der Waals surface area contributed by atoms with Crippen LogP contribution in [0.5, 0.6) is 0 Å². The molecule has 3 amide bonds. The number of piperidine rings is 1. The summed E-state index contributed by atoms with van der Waals surface area (Å²) in [6.45, 7) is 13.4. The number of ether oxygens (including phenoxy) is 1.